The van der Waals surface area contributed by atoms with Crippen molar-refractivity contribution in [3.8, 4) is 22.3 Å². The Morgan fingerprint density at radius 3 is 1.89 bits per heavy atom. The third-order valence-electron chi connectivity index (χ3n) is 7.93. The molecular weight excluding hydrogens is 464 g/mol. The lowest BCUT2D eigenvalue weighted by atomic mass is 9.91. The molecule has 1 aliphatic carbocycles. The van der Waals surface area contributed by atoms with Crippen molar-refractivity contribution in [1.29, 1.82) is 0 Å². The van der Waals surface area contributed by atoms with E-state index in [-0.39, 0.29) is 0 Å². The van der Waals surface area contributed by atoms with Gasteiger partial charge in [0.1, 0.15) is 0 Å². The topological polar surface area (TPSA) is 0 Å². The van der Waals surface area contributed by atoms with Gasteiger partial charge in [-0.25, -0.2) is 0 Å². The van der Waals surface area contributed by atoms with Gasteiger partial charge in [-0.2, -0.15) is 0 Å². The molecule has 0 amide bonds. The average molecular weight is 489 g/mol. The Balaban J connectivity index is 1.32. The molecule has 6 aromatic carbocycles. The molecule has 1 aromatic heterocycles. The Kier molecular flexibility index (Phi) is 4.62. The van der Waals surface area contributed by atoms with Crippen LogP contribution in [0, 0.1) is 0 Å². The van der Waals surface area contributed by atoms with Gasteiger partial charge in [0.05, 0.1) is 0 Å². The number of hydrogen-bond acceptors (Lipinski definition) is 1. The maximum absolute atomic E-state index is 2.39. The molecule has 0 spiro atoms. The van der Waals surface area contributed by atoms with Gasteiger partial charge in [-0.05, 0) is 96.6 Å². The summed E-state index contributed by atoms with van der Waals surface area (Å²) in [6, 6.07) is 40.5. The third-order valence-corrected chi connectivity index (χ3v) is 9.18. The predicted octanol–water partition coefficient (Wildman–Crippen LogP) is 10.7. The molecular formula is C36H24S. The first-order valence-electron chi connectivity index (χ1n) is 13.0. The standard InChI is InChI=1S/C36H24S/c1-2-13-29-27(11-1)28-12-3-4-14-30(28)34-22-24(19-20-31(29)34)23-9-7-10-25(21-23)26-16-8-17-33-32-15-5-6-18-35(32)37-36(26)33/h1-4,6-14,16-22H,5,15H2. The maximum Gasteiger partial charge on any atom is 0.0430 e. The molecule has 1 aliphatic rings. The molecule has 8 rings (SSSR count). The molecule has 0 radical (unpaired) electrons. The minimum absolute atomic E-state index is 1.14. The van der Waals surface area contributed by atoms with Crippen molar-refractivity contribution in [2.24, 2.45) is 0 Å². The maximum atomic E-state index is 2.39. The van der Waals surface area contributed by atoms with Crippen LogP contribution in [-0.2, 0) is 6.42 Å². The van der Waals surface area contributed by atoms with E-state index in [9.17, 15) is 0 Å². The Morgan fingerprint density at radius 2 is 1.11 bits per heavy atom. The molecule has 1 heterocycles. The molecule has 0 fully saturated rings. The second-order valence-electron chi connectivity index (χ2n) is 10.0. The van der Waals surface area contributed by atoms with Crippen LogP contribution in [0.3, 0.4) is 0 Å². The molecule has 0 nitrogen and oxygen atoms in total. The first-order valence-corrected chi connectivity index (χ1v) is 13.8. The number of benzene rings is 6. The van der Waals surface area contributed by atoms with E-state index in [1.807, 2.05) is 11.3 Å². The van der Waals surface area contributed by atoms with Gasteiger partial charge in [-0.3, -0.25) is 0 Å². The van der Waals surface area contributed by atoms with Gasteiger partial charge in [-0.15, -0.1) is 11.3 Å². The Bertz CT molecular complexity index is 2000. The number of fused-ring (bicyclic) bond motifs is 9. The zero-order valence-corrected chi connectivity index (χ0v) is 21.2. The summed E-state index contributed by atoms with van der Waals surface area (Å²) in [6.45, 7) is 0. The highest BCUT2D eigenvalue weighted by Crippen LogP contribution is 2.42. The van der Waals surface area contributed by atoms with E-state index < -0.39 is 0 Å². The fourth-order valence-electron chi connectivity index (χ4n) is 6.18. The predicted molar refractivity (Wildman–Crippen MR) is 163 cm³/mol. The fourth-order valence-corrected chi connectivity index (χ4v) is 7.50. The molecule has 1 heteroatoms. The lowest BCUT2D eigenvalue weighted by molar-refractivity contribution is 1.01. The van der Waals surface area contributed by atoms with Crippen LogP contribution >= 0.6 is 11.3 Å². The highest BCUT2D eigenvalue weighted by molar-refractivity contribution is 7.20. The van der Waals surface area contributed by atoms with Gasteiger partial charge in [0, 0.05) is 9.58 Å². The van der Waals surface area contributed by atoms with Gasteiger partial charge in [0.2, 0.25) is 0 Å². The van der Waals surface area contributed by atoms with Crippen LogP contribution in [0.25, 0.3) is 70.7 Å². The van der Waals surface area contributed by atoms with Crippen LogP contribution in [0.2, 0.25) is 0 Å². The van der Waals surface area contributed by atoms with E-state index in [0.717, 1.165) is 12.8 Å². The lowest BCUT2D eigenvalue weighted by Gasteiger charge is -2.13. The van der Waals surface area contributed by atoms with Gasteiger partial charge >= 0.3 is 0 Å². The first-order chi connectivity index (χ1) is 18.3. The number of hydrogen-bond donors (Lipinski definition) is 0. The van der Waals surface area contributed by atoms with Crippen molar-refractivity contribution in [3.63, 3.8) is 0 Å². The van der Waals surface area contributed by atoms with Crippen LogP contribution in [0.15, 0.2) is 115 Å². The van der Waals surface area contributed by atoms with Crippen LogP contribution in [0.5, 0.6) is 0 Å². The molecule has 0 unspecified atom stereocenters. The van der Waals surface area contributed by atoms with Crippen molar-refractivity contribution in [3.05, 3.63) is 126 Å². The molecule has 0 saturated heterocycles. The monoisotopic (exact) mass is 488 g/mol. The summed E-state index contributed by atoms with van der Waals surface area (Å²) in [7, 11) is 0. The van der Waals surface area contributed by atoms with Crippen LogP contribution in [0.4, 0.5) is 0 Å². The number of thiophene rings is 1. The average Bonchev–Trinajstić information content (AvgIpc) is 3.36. The van der Waals surface area contributed by atoms with Crippen molar-refractivity contribution in [2.75, 3.05) is 0 Å². The third kappa shape index (κ3) is 3.21. The smallest absolute Gasteiger partial charge is 0.0430 e. The SMILES string of the molecule is C1=Cc2sc3c(-c4cccc(-c5ccc6c7ccccc7c7ccccc7c6c5)c4)cccc3c2CC1. The quantitative estimate of drug-likeness (QED) is 0.212. The van der Waals surface area contributed by atoms with E-state index in [0.29, 0.717) is 0 Å². The van der Waals surface area contributed by atoms with Crippen LogP contribution in [0.1, 0.15) is 16.9 Å². The van der Waals surface area contributed by atoms with Gasteiger partial charge in [0.15, 0.2) is 0 Å². The highest BCUT2D eigenvalue weighted by Gasteiger charge is 2.16. The second kappa shape index (κ2) is 8.16. The van der Waals surface area contributed by atoms with E-state index in [1.165, 1.54) is 75.1 Å². The molecule has 0 atom stereocenters. The van der Waals surface area contributed by atoms with Crippen molar-refractivity contribution >= 4 is 59.8 Å². The summed E-state index contributed by atoms with van der Waals surface area (Å²) in [5.41, 5.74) is 6.66. The molecule has 0 aliphatic heterocycles. The largest absolute Gasteiger partial charge is 0.135 e. The summed E-state index contributed by atoms with van der Waals surface area (Å²) in [5.74, 6) is 0. The summed E-state index contributed by atoms with van der Waals surface area (Å²) >= 11 is 1.94. The summed E-state index contributed by atoms with van der Waals surface area (Å²) in [4.78, 5) is 1.43. The first kappa shape index (κ1) is 20.9. The van der Waals surface area contributed by atoms with Gasteiger partial charge < -0.3 is 0 Å². The number of aryl methyl sites for hydroxylation is 1. The van der Waals surface area contributed by atoms with E-state index in [4.69, 9.17) is 0 Å². The molecule has 37 heavy (non-hydrogen) atoms. The summed E-state index contributed by atoms with van der Waals surface area (Å²) < 4.78 is 1.41. The van der Waals surface area contributed by atoms with Crippen molar-refractivity contribution in [1.82, 2.24) is 0 Å². The van der Waals surface area contributed by atoms with Crippen molar-refractivity contribution in [2.45, 2.75) is 12.8 Å². The summed E-state index contributed by atoms with van der Waals surface area (Å²) in [5, 5.41) is 9.33. The van der Waals surface area contributed by atoms with E-state index >= 15 is 0 Å². The Morgan fingerprint density at radius 1 is 0.486 bits per heavy atom. The number of allylic oxidation sites excluding steroid dienone is 1. The highest BCUT2D eigenvalue weighted by atomic mass is 32.1. The Hall–Kier alpha value is -4.20. The molecule has 0 bridgehead atoms. The van der Waals surface area contributed by atoms with Crippen LogP contribution < -0.4 is 0 Å². The minimum atomic E-state index is 1.14. The van der Waals surface area contributed by atoms with Gasteiger partial charge in [-0.1, -0.05) is 103 Å². The molecule has 0 N–H and O–H groups in total. The van der Waals surface area contributed by atoms with Crippen LogP contribution in [-0.4, -0.2) is 0 Å². The van der Waals surface area contributed by atoms with E-state index in [2.05, 4.69) is 121 Å². The lowest BCUT2D eigenvalue weighted by Crippen LogP contribution is -1.88. The zero-order valence-electron chi connectivity index (χ0n) is 20.4. The summed E-state index contributed by atoms with van der Waals surface area (Å²) in [6.07, 6.45) is 6.91. The molecule has 0 saturated carbocycles. The second-order valence-corrected chi connectivity index (χ2v) is 11.1. The zero-order chi connectivity index (χ0) is 24.3. The van der Waals surface area contributed by atoms with Gasteiger partial charge in [0.25, 0.3) is 0 Å². The minimum Gasteiger partial charge on any atom is -0.135 e. The normalized spacial score (nSPS) is 13.1. The number of rotatable bonds is 2. The van der Waals surface area contributed by atoms with Crippen molar-refractivity contribution < 1.29 is 0 Å². The van der Waals surface area contributed by atoms with E-state index in [1.54, 1.807) is 0 Å². The molecule has 174 valence electrons. The fraction of sp³-hybridized carbons (Fsp3) is 0.0556. The Labute approximate surface area is 220 Å². The molecule has 7 aromatic rings.